The van der Waals surface area contributed by atoms with E-state index in [1.807, 2.05) is 30.3 Å². The highest BCUT2D eigenvalue weighted by Crippen LogP contribution is 2.25. The van der Waals surface area contributed by atoms with Crippen LogP contribution in [-0.4, -0.2) is 23.0 Å². The molecule has 1 unspecified atom stereocenters. The lowest BCUT2D eigenvalue weighted by molar-refractivity contribution is -0.152. The molecule has 3 aromatic rings. The summed E-state index contributed by atoms with van der Waals surface area (Å²) in [5, 5.41) is 4.31. The number of hydrogen-bond donors (Lipinski definition) is 1. The van der Waals surface area contributed by atoms with Gasteiger partial charge in [0.05, 0.1) is 22.6 Å². The van der Waals surface area contributed by atoms with Gasteiger partial charge >= 0.3 is 5.97 Å². The Kier molecular flexibility index (Phi) is 5.94. The van der Waals surface area contributed by atoms with Gasteiger partial charge in [-0.25, -0.2) is 0 Å². The standard InChI is InChI=1S/C20H16Cl2N2O3/c1-12(20(26)24-17-11-15(21)7-8-16(17)22)27-18(25)10-14-5-2-4-13-6-3-9-23-19(13)14/h2-9,11-12H,10H2,1H3,(H,24,26). The van der Waals surface area contributed by atoms with Crippen LogP contribution in [0.5, 0.6) is 0 Å². The van der Waals surface area contributed by atoms with Gasteiger partial charge in [-0.3, -0.25) is 14.6 Å². The van der Waals surface area contributed by atoms with Crippen LogP contribution in [0.3, 0.4) is 0 Å². The van der Waals surface area contributed by atoms with Crippen molar-refractivity contribution < 1.29 is 14.3 Å². The van der Waals surface area contributed by atoms with Crippen molar-refractivity contribution in [2.75, 3.05) is 5.32 Å². The highest BCUT2D eigenvalue weighted by atomic mass is 35.5. The maximum atomic E-state index is 12.3. The number of amides is 1. The van der Waals surface area contributed by atoms with E-state index in [9.17, 15) is 9.59 Å². The molecule has 27 heavy (non-hydrogen) atoms. The zero-order chi connectivity index (χ0) is 19.4. The number of carbonyl (C=O) groups is 2. The van der Waals surface area contributed by atoms with Crippen LogP contribution in [-0.2, 0) is 20.7 Å². The van der Waals surface area contributed by atoms with Crippen molar-refractivity contribution in [3.63, 3.8) is 0 Å². The lowest BCUT2D eigenvalue weighted by Gasteiger charge is -2.15. The second kappa shape index (κ2) is 8.37. The highest BCUT2D eigenvalue weighted by molar-refractivity contribution is 6.35. The van der Waals surface area contributed by atoms with Gasteiger partial charge < -0.3 is 10.1 Å². The van der Waals surface area contributed by atoms with Gasteiger partial charge in [-0.2, -0.15) is 0 Å². The van der Waals surface area contributed by atoms with E-state index in [1.54, 1.807) is 18.3 Å². The van der Waals surface area contributed by atoms with Gasteiger partial charge in [-0.15, -0.1) is 0 Å². The molecule has 7 heteroatoms. The predicted molar refractivity (Wildman–Crippen MR) is 106 cm³/mol. The molecule has 0 aliphatic carbocycles. The fourth-order valence-corrected chi connectivity index (χ4v) is 2.92. The number of aromatic nitrogens is 1. The number of ether oxygens (including phenoxy) is 1. The zero-order valence-electron chi connectivity index (χ0n) is 14.4. The minimum atomic E-state index is -0.990. The van der Waals surface area contributed by atoms with E-state index in [2.05, 4.69) is 10.3 Å². The number of esters is 1. The Balaban J connectivity index is 1.64. The Morgan fingerprint density at radius 3 is 2.74 bits per heavy atom. The molecule has 0 radical (unpaired) electrons. The van der Waals surface area contributed by atoms with Crippen molar-refractivity contribution in [1.82, 2.24) is 4.98 Å². The van der Waals surface area contributed by atoms with Crippen LogP contribution in [0.4, 0.5) is 5.69 Å². The normalized spacial score (nSPS) is 11.8. The molecule has 0 fully saturated rings. The molecule has 0 spiro atoms. The molecule has 0 aliphatic rings. The van der Waals surface area contributed by atoms with Gasteiger partial charge in [-0.05, 0) is 36.8 Å². The van der Waals surface area contributed by atoms with Gasteiger partial charge in [-0.1, -0.05) is 47.5 Å². The van der Waals surface area contributed by atoms with Crippen LogP contribution in [0.2, 0.25) is 10.0 Å². The van der Waals surface area contributed by atoms with Crippen molar-refractivity contribution in [1.29, 1.82) is 0 Å². The average molecular weight is 403 g/mol. The first kappa shape index (κ1) is 19.1. The molecule has 1 aromatic heterocycles. The number of anilines is 1. The molecule has 138 valence electrons. The zero-order valence-corrected chi connectivity index (χ0v) is 15.9. The number of rotatable bonds is 5. The smallest absolute Gasteiger partial charge is 0.311 e. The van der Waals surface area contributed by atoms with E-state index >= 15 is 0 Å². The summed E-state index contributed by atoms with van der Waals surface area (Å²) in [7, 11) is 0. The summed E-state index contributed by atoms with van der Waals surface area (Å²) in [6, 6.07) is 14.0. The number of fused-ring (bicyclic) bond motifs is 1. The van der Waals surface area contributed by atoms with E-state index in [1.165, 1.54) is 13.0 Å². The van der Waals surface area contributed by atoms with E-state index in [0.717, 1.165) is 16.5 Å². The minimum absolute atomic E-state index is 0.0178. The molecule has 1 amide bonds. The van der Waals surface area contributed by atoms with Crippen LogP contribution in [0.15, 0.2) is 54.7 Å². The third kappa shape index (κ3) is 4.76. The molecular formula is C20H16Cl2N2O3. The fraction of sp³-hybridized carbons (Fsp3) is 0.150. The van der Waals surface area contributed by atoms with E-state index in [4.69, 9.17) is 27.9 Å². The lowest BCUT2D eigenvalue weighted by Crippen LogP contribution is -2.30. The number of halogens is 2. The first-order valence-corrected chi connectivity index (χ1v) is 8.97. The summed E-state index contributed by atoms with van der Waals surface area (Å²) < 4.78 is 5.25. The van der Waals surface area contributed by atoms with Gasteiger partial charge in [0.25, 0.3) is 5.91 Å². The largest absolute Gasteiger partial charge is 0.452 e. The summed E-state index contributed by atoms with van der Waals surface area (Å²) >= 11 is 11.9. The fourth-order valence-electron chi connectivity index (χ4n) is 2.59. The van der Waals surface area contributed by atoms with Crippen LogP contribution >= 0.6 is 23.2 Å². The summed E-state index contributed by atoms with van der Waals surface area (Å²) in [5.74, 6) is -1.02. The Bertz CT molecular complexity index is 1000. The van der Waals surface area contributed by atoms with Crippen molar-refractivity contribution in [3.05, 3.63) is 70.3 Å². The van der Waals surface area contributed by atoms with Crippen LogP contribution < -0.4 is 5.32 Å². The van der Waals surface area contributed by atoms with Gasteiger partial charge in [0.1, 0.15) is 0 Å². The molecule has 1 atom stereocenters. The van der Waals surface area contributed by atoms with Crippen molar-refractivity contribution >= 4 is 51.7 Å². The van der Waals surface area contributed by atoms with Gasteiger partial charge in [0.2, 0.25) is 0 Å². The molecule has 1 heterocycles. The summed E-state index contributed by atoms with van der Waals surface area (Å²) in [5.41, 5.74) is 1.83. The molecule has 5 nitrogen and oxygen atoms in total. The molecule has 2 aromatic carbocycles. The van der Waals surface area contributed by atoms with Gasteiger partial charge in [0.15, 0.2) is 6.10 Å². The van der Waals surface area contributed by atoms with Crippen LogP contribution in [0, 0.1) is 0 Å². The van der Waals surface area contributed by atoms with E-state index in [-0.39, 0.29) is 6.42 Å². The molecule has 0 aliphatic heterocycles. The average Bonchev–Trinajstić information content (AvgIpc) is 2.65. The van der Waals surface area contributed by atoms with Crippen LogP contribution in [0.1, 0.15) is 12.5 Å². The number of benzene rings is 2. The van der Waals surface area contributed by atoms with Gasteiger partial charge in [0, 0.05) is 16.6 Å². The van der Waals surface area contributed by atoms with E-state index < -0.39 is 18.0 Å². The number of nitrogens with zero attached hydrogens (tertiary/aromatic N) is 1. The SMILES string of the molecule is CC(OC(=O)Cc1cccc2cccnc12)C(=O)Nc1cc(Cl)ccc1Cl. The maximum Gasteiger partial charge on any atom is 0.311 e. The number of para-hydroxylation sites is 1. The third-order valence-electron chi connectivity index (χ3n) is 3.91. The van der Waals surface area contributed by atoms with Crippen molar-refractivity contribution in [2.24, 2.45) is 0 Å². The van der Waals surface area contributed by atoms with Crippen molar-refractivity contribution in [2.45, 2.75) is 19.4 Å². The highest BCUT2D eigenvalue weighted by Gasteiger charge is 2.20. The summed E-state index contributed by atoms with van der Waals surface area (Å²) in [6.07, 6.45) is 0.696. The monoisotopic (exact) mass is 402 g/mol. The molecule has 1 N–H and O–H groups in total. The van der Waals surface area contributed by atoms with Crippen molar-refractivity contribution in [3.8, 4) is 0 Å². The van der Waals surface area contributed by atoms with E-state index in [0.29, 0.717) is 15.7 Å². The lowest BCUT2D eigenvalue weighted by atomic mass is 10.1. The molecular weight excluding hydrogens is 387 g/mol. The molecule has 3 rings (SSSR count). The van der Waals surface area contributed by atoms with Crippen LogP contribution in [0.25, 0.3) is 10.9 Å². The third-order valence-corrected chi connectivity index (χ3v) is 4.48. The summed E-state index contributed by atoms with van der Waals surface area (Å²) in [6.45, 7) is 1.49. The molecule has 0 bridgehead atoms. The maximum absolute atomic E-state index is 12.3. The number of hydrogen-bond acceptors (Lipinski definition) is 4. The second-order valence-corrected chi connectivity index (χ2v) is 6.76. The second-order valence-electron chi connectivity index (χ2n) is 5.91. The topological polar surface area (TPSA) is 68.3 Å². The first-order valence-electron chi connectivity index (χ1n) is 8.22. The summed E-state index contributed by atoms with van der Waals surface area (Å²) in [4.78, 5) is 28.8. The molecule has 0 saturated heterocycles. The Hall–Kier alpha value is -2.63. The first-order chi connectivity index (χ1) is 12.9. The predicted octanol–water partition coefficient (Wildman–Crippen LogP) is 4.65. The number of nitrogens with one attached hydrogen (secondary N) is 1. The Morgan fingerprint density at radius 1 is 1.15 bits per heavy atom. The number of carbonyl (C=O) groups excluding carboxylic acids is 2. The quantitative estimate of drug-likeness (QED) is 0.630. The minimum Gasteiger partial charge on any atom is -0.452 e. The Morgan fingerprint density at radius 2 is 1.93 bits per heavy atom. The number of pyridine rings is 1. The Labute approximate surface area is 166 Å². The molecule has 0 saturated carbocycles.